The van der Waals surface area contributed by atoms with Crippen molar-refractivity contribution in [3.05, 3.63) is 53.6 Å². The van der Waals surface area contributed by atoms with E-state index in [-0.39, 0.29) is 5.41 Å². The number of carbonyl (C=O) groups excluding carboxylic acids is 1. The van der Waals surface area contributed by atoms with Crippen molar-refractivity contribution in [1.82, 2.24) is 4.90 Å². The van der Waals surface area contributed by atoms with Gasteiger partial charge >= 0.3 is 0 Å². The van der Waals surface area contributed by atoms with Crippen LogP contribution in [0.1, 0.15) is 37.3 Å². The molecule has 2 fully saturated rings. The van der Waals surface area contributed by atoms with Crippen molar-refractivity contribution in [2.45, 2.75) is 44.1 Å². The van der Waals surface area contributed by atoms with Gasteiger partial charge in [-0.25, -0.2) is 0 Å². The first kappa shape index (κ1) is 18.7. The molecule has 4 nitrogen and oxygen atoms in total. The SMILES string of the molecule is COc1ccc2c(c1Oc1ccccc1)[C@]13CCN(C)[C@H](C2)[C@@H]1[C@H](C)CC(=O)C3. The van der Waals surface area contributed by atoms with E-state index in [1.54, 1.807) is 7.11 Å². The van der Waals surface area contributed by atoms with Crippen LogP contribution in [0.15, 0.2) is 42.5 Å². The maximum absolute atomic E-state index is 12.9. The van der Waals surface area contributed by atoms with E-state index < -0.39 is 0 Å². The molecule has 0 aromatic heterocycles. The fraction of sp³-hybridized carbons (Fsp3) is 0.480. The number of likely N-dealkylation sites (tertiary alicyclic amines) is 1. The average molecular weight is 392 g/mol. The Morgan fingerprint density at radius 1 is 1.10 bits per heavy atom. The van der Waals surface area contributed by atoms with Gasteiger partial charge < -0.3 is 14.4 Å². The van der Waals surface area contributed by atoms with Crippen LogP contribution in [0.5, 0.6) is 17.2 Å². The Balaban J connectivity index is 1.73. The summed E-state index contributed by atoms with van der Waals surface area (Å²) in [4.78, 5) is 15.4. The molecular weight excluding hydrogens is 362 g/mol. The Kier molecular flexibility index (Phi) is 4.43. The Morgan fingerprint density at radius 2 is 1.90 bits per heavy atom. The van der Waals surface area contributed by atoms with Gasteiger partial charge in [-0.15, -0.1) is 0 Å². The third-order valence-corrected chi connectivity index (χ3v) is 7.52. The van der Waals surface area contributed by atoms with E-state index in [9.17, 15) is 4.79 Å². The van der Waals surface area contributed by atoms with Gasteiger partial charge in [-0.1, -0.05) is 31.2 Å². The molecule has 0 spiro atoms. The lowest BCUT2D eigenvalue weighted by molar-refractivity contribution is -0.130. The Hall–Kier alpha value is -2.33. The molecule has 0 unspecified atom stereocenters. The lowest BCUT2D eigenvalue weighted by Crippen LogP contribution is -2.63. The predicted octanol–water partition coefficient (Wildman–Crippen LogP) is 4.60. The summed E-state index contributed by atoms with van der Waals surface area (Å²) in [7, 11) is 3.94. The smallest absolute Gasteiger partial charge is 0.173 e. The lowest BCUT2D eigenvalue weighted by Gasteiger charge is -2.60. The van der Waals surface area contributed by atoms with Crippen LogP contribution in [0.4, 0.5) is 0 Å². The molecule has 1 aliphatic heterocycles. The van der Waals surface area contributed by atoms with E-state index >= 15 is 0 Å². The van der Waals surface area contributed by atoms with Crippen LogP contribution in [-0.4, -0.2) is 37.4 Å². The molecule has 0 radical (unpaired) electrons. The van der Waals surface area contributed by atoms with Crippen LogP contribution in [0.25, 0.3) is 0 Å². The monoisotopic (exact) mass is 391 g/mol. The highest BCUT2D eigenvalue weighted by molar-refractivity contribution is 5.82. The molecule has 0 N–H and O–H groups in total. The number of fused-ring (bicyclic) bond motifs is 1. The zero-order chi connectivity index (χ0) is 20.2. The summed E-state index contributed by atoms with van der Waals surface area (Å²) in [6.45, 7) is 3.29. The molecule has 1 saturated heterocycles. The van der Waals surface area contributed by atoms with Crippen molar-refractivity contribution in [3.63, 3.8) is 0 Å². The number of hydrogen-bond acceptors (Lipinski definition) is 4. The number of piperidine rings is 1. The molecule has 3 aliphatic rings. The number of carbonyl (C=O) groups is 1. The number of benzene rings is 2. The van der Waals surface area contributed by atoms with Crippen molar-refractivity contribution >= 4 is 5.78 Å². The van der Waals surface area contributed by atoms with E-state index in [4.69, 9.17) is 9.47 Å². The second kappa shape index (κ2) is 6.88. The number of methoxy groups -OCH3 is 1. The zero-order valence-corrected chi connectivity index (χ0v) is 17.5. The molecule has 152 valence electrons. The van der Waals surface area contributed by atoms with Crippen LogP contribution in [0.2, 0.25) is 0 Å². The van der Waals surface area contributed by atoms with Gasteiger partial charge in [-0.3, -0.25) is 4.79 Å². The van der Waals surface area contributed by atoms with Crippen molar-refractivity contribution in [2.75, 3.05) is 20.7 Å². The van der Waals surface area contributed by atoms with Gasteiger partial charge in [0, 0.05) is 29.9 Å². The van der Waals surface area contributed by atoms with Crippen molar-refractivity contribution in [2.24, 2.45) is 11.8 Å². The Labute approximate surface area is 172 Å². The second-order valence-electron chi connectivity index (χ2n) is 9.13. The number of ether oxygens (including phenoxy) is 2. The van der Waals surface area contributed by atoms with Gasteiger partial charge in [0.15, 0.2) is 11.5 Å². The third-order valence-electron chi connectivity index (χ3n) is 7.52. The normalized spacial score (nSPS) is 31.0. The summed E-state index contributed by atoms with van der Waals surface area (Å²) in [6.07, 6.45) is 3.32. The number of rotatable bonds is 3. The minimum Gasteiger partial charge on any atom is -0.493 e. The summed E-state index contributed by atoms with van der Waals surface area (Å²) in [5, 5.41) is 0. The molecule has 2 aliphatic carbocycles. The van der Waals surface area contributed by atoms with E-state index in [2.05, 4.69) is 24.9 Å². The highest BCUT2D eigenvalue weighted by atomic mass is 16.5. The first-order valence-corrected chi connectivity index (χ1v) is 10.7. The van der Waals surface area contributed by atoms with Gasteiger partial charge in [-0.2, -0.15) is 0 Å². The largest absolute Gasteiger partial charge is 0.493 e. The van der Waals surface area contributed by atoms with Crippen LogP contribution in [0, 0.1) is 11.8 Å². The van der Waals surface area contributed by atoms with Crippen LogP contribution in [-0.2, 0) is 16.6 Å². The minimum atomic E-state index is -0.155. The van der Waals surface area contributed by atoms with Crippen LogP contribution < -0.4 is 9.47 Å². The molecule has 5 rings (SSSR count). The molecule has 4 atom stereocenters. The maximum atomic E-state index is 12.9. The number of para-hydroxylation sites is 1. The minimum absolute atomic E-state index is 0.155. The Bertz CT molecular complexity index is 941. The average Bonchev–Trinajstić information content (AvgIpc) is 2.71. The van der Waals surface area contributed by atoms with Crippen molar-refractivity contribution in [1.29, 1.82) is 0 Å². The summed E-state index contributed by atoms with van der Waals surface area (Å²) in [6, 6.07) is 14.6. The molecule has 2 bridgehead atoms. The number of hydrogen-bond donors (Lipinski definition) is 0. The summed E-state index contributed by atoms with van der Waals surface area (Å²) < 4.78 is 12.2. The zero-order valence-electron chi connectivity index (χ0n) is 17.5. The van der Waals surface area contributed by atoms with Gasteiger partial charge in [-0.05, 0) is 62.0 Å². The summed E-state index contributed by atoms with van der Waals surface area (Å²) in [5.74, 6) is 3.61. The van der Waals surface area contributed by atoms with Gasteiger partial charge in [0.1, 0.15) is 11.5 Å². The molecule has 0 amide bonds. The van der Waals surface area contributed by atoms with Crippen LogP contribution in [0.3, 0.4) is 0 Å². The molecule has 1 heterocycles. The van der Waals surface area contributed by atoms with Gasteiger partial charge in [0.05, 0.1) is 7.11 Å². The second-order valence-corrected chi connectivity index (χ2v) is 9.13. The molecule has 1 saturated carbocycles. The number of nitrogens with zero attached hydrogens (tertiary/aromatic N) is 1. The fourth-order valence-corrected chi connectivity index (χ4v) is 6.47. The first-order chi connectivity index (χ1) is 14.0. The third kappa shape index (κ3) is 2.80. The predicted molar refractivity (Wildman–Crippen MR) is 113 cm³/mol. The standard InChI is InChI=1S/C25H29NO3/c1-16-13-18(27)15-25-11-12-26(2)20(22(16)25)14-17-9-10-21(28-3)24(23(17)25)29-19-7-5-4-6-8-19/h4-10,16,20,22H,11-15H2,1-3H3/t16-,20-,22+,25+/m1/s1. The Morgan fingerprint density at radius 3 is 2.66 bits per heavy atom. The molecule has 2 aromatic rings. The molecular formula is C25H29NO3. The highest BCUT2D eigenvalue weighted by Gasteiger charge is 2.58. The quantitative estimate of drug-likeness (QED) is 0.766. The van der Waals surface area contributed by atoms with E-state index in [1.165, 1.54) is 11.1 Å². The topological polar surface area (TPSA) is 38.8 Å². The summed E-state index contributed by atoms with van der Waals surface area (Å²) >= 11 is 0. The van der Waals surface area contributed by atoms with Gasteiger partial charge in [0.25, 0.3) is 0 Å². The van der Waals surface area contributed by atoms with Crippen molar-refractivity contribution in [3.8, 4) is 17.2 Å². The lowest BCUT2D eigenvalue weighted by atomic mass is 9.49. The van der Waals surface area contributed by atoms with Crippen LogP contribution >= 0.6 is 0 Å². The summed E-state index contributed by atoms with van der Waals surface area (Å²) in [5.41, 5.74) is 2.39. The number of likely N-dealkylation sites (N-methyl/N-ethyl adjacent to an activating group) is 1. The highest BCUT2D eigenvalue weighted by Crippen LogP contribution is 2.60. The molecule has 29 heavy (non-hydrogen) atoms. The fourth-order valence-electron chi connectivity index (χ4n) is 6.47. The molecule has 2 aromatic carbocycles. The van der Waals surface area contributed by atoms with E-state index in [0.29, 0.717) is 36.5 Å². The van der Waals surface area contributed by atoms with Gasteiger partial charge in [0.2, 0.25) is 0 Å². The number of ketones is 1. The number of Topliss-reactive ketones (excluding diaryl/α,β-unsaturated/α-hetero) is 1. The van der Waals surface area contributed by atoms with Crippen molar-refractivity contribution < 1.29 is 14.3 Å². The van der Waals surface area contributed by atoms with E-state index in [1.807, 2.05) is 36.4 Å². The molecule has 4 heteroatoms. The van der Waals surface area contributed by atoms with E-state index in [0.717, 1.165) is 36.6 Å². The first-order valence-electron chi connectivity index (χ1n) is 10.7. The maximum Gasteiger partial charge on any atom is 0.173 e.